The highest BCUT2D eigenvalue weighted by Gasteiger charge is 2.29. The average molecular weight is 289 g/mol. The van der Waals surface area contributed by atoms with Gasteiger partial charge in [-0.2, -0.15) is 0 Å². The van der Waals surface area contributed by atoms with Gasteiger partial charge in [-0.05, 0) is 36.5 Å². The Bertz CT molecular complexity index is 488. The molecule has 0 saturated carbocycles. The summed E-state index contributed by atoms with van der Waals surface area (Å²) in [5, 5.41) is 2.85. The average Bonchev–Trinajstić information content (AvgIpc) is 2.58. The molecule has 1 N–H and O–H groups in total. The second-order valence-corrected chi connectivity index (χ2v) is 5.93. The van der Waals surface area contributed by atoms with Gasteiger partial charge in [0.1, 0.15) is 6.04 Å². The molecule has 2 rings (SSSR count). The molecule has 0 aromatic carbocycles. The number of amides is 2. The molecular formula is C16H23N3O2. The van der Waals surface area contributed by atoms with Gasteiger partial charge in [0.05, 0.1) is 0 Å². The normalized spacial score (nSPS) is 19.6. The minimum Gasteiger partial charge on any atom is -0.344 e. The highest BCUT2D eigenvalue weighted by Crippen LogP contribution is 2.12. The predicted molar refractivity (Wildman–Crippen MR) is 80.5 cm³/mol. The number of rotatable bonds is 5. The summed E-state index contributed by atoms with van der Waals surface area (Å²) in [5.41, 5.74) is 1.15. The van der Waals surface area contributed by atoms with Crippen molar-refractivity contribution >= 4 is 11.8 Å². The fourth-order valence-electron chi connectivity index (χ4n) is 2.56. The summed E-state index contributed by atoms with van der Waals surface area (Å²) in [5.74, 6) is 0.392. The number of nitrogens with one attached hydrogen (secondary N) is 1. The van der Waals surface area contributed by atoms with E-state index < -0.39 is 0 Å². The first-order valence-corrected chi connectivity index (χ1v) is 7.53. The standard InChI is InChI=1S/C16H23N3O2/c1-12(2)11-14-16(21)19(10-6-15(20)18-14)9-5-13-3-7-17-8-4-13/h3-4,7-8,12,14H,5-6,9-11H2,1-2H3,(H,18,20). The molecule has 5 heteroatoms. The fourth-order valence-corrected chi connectivity index (χ4v) is 2.56. The van der Waals surface area contributed by atoms with Crippen molar-refractivity contribution < 1.29 is 9.59 Å². The van der Waals surface area contributed by atoms with Crippen LogP contribution in [0.2, 0.25) is 0 Å². The summed E-state index contributed by atoms with van der Waals surface area (Å²) in [6.07, 6.45) is 5.38. The maximum atomic E-state index is 12.5. The van der Waals surface area contributed by atoms with Gasteiger partial charge in [-0.15, -0.1) is 0 Å². The Kier molecular flexibility index (Phi) is 5.31. The van der Waals surface area contributed by atoms with E-state index in [4.69, 9.17) is 0 Å². The molecule has 2 amide bonds. The largest absolute Gasteiger partial charge is 0.344 e. The van der Waals surface area contributed by atoms with Crippen LogP contribution in [-0.4, -0.2) is 40.8 Å². The first kappa shape index (κ1) is 15.5. The summed E-state index contributed by atoms with van der Waals surface area (Å²) in [4.78, 5) is 30.1. The molecule has 0 spiro atoms. The SMILES string of the molecule is CC(C)CC1NC(=O)CCN(CCc2ccncc2)C1=O. The first-order chi connectivity index (χ1) is 10.1. The Morgan fingerprint density at radius 3 is 2.71 bits per heavy atom. The van der Waals surface area contributed by atoms with Crippen molar-refractivity contribution in [2.45, 2.75) is 39.2 Å². The number of pyridine rings is 1. The van der Waals surface area contributed by atoms with E-state index in [0.717, 1.165) is 12.0 Å². The predicted octanol–water partition coefficient (Wildman–Crippen LogP) is 1.39. The van der Waals surface area contributed by atoms with Gasteiger partial charge < -0.3 is 10.2 Å². The van der Waals surface area contributed by atoms with E-state index in [9.17, 15) is 9.59 Å². The quantitative estimate of drug-likeness (QED) is 0.891. The van der Waals surface area contributed by atoms with Gasteiger partial charge in [0, 0.05) is 31.9 Å². The van der Waals surface area contributed by atoms with Crippen molar-refractivity contribution in [1.82, 2.24) is 15.2 Å². The van der Waals surface area contributed by atoms with Gasteiger partial charge in [0.15, 0.2) is 0 Å². The number of carbonyl (C=O) groups is 2. The number of hydrogen-bond acceptors (Lipinski definition) is 3. The Morgan fingerprint density at radius 2 is 2.05 bits per heavy atom. The number of carbonyl (C=O) groups excluding carboxylic acids is 2. The van der Waals surface area contributed by atoms with Crippen molar-refractivity contribution in [2.24, 2.45) is 5.92 Å². The third-order valence-corrected chi connectivity index (χ3v) is 3.68. The summed E-state index contributed by atoms with van der Waals surface area (Å²) >= 11 is 0. The van der Waals surface area contributed by atoms with Crippen LogP contribution in [0.25, 0.3) is 0 Å². The molecule has 1 saturated heterocycles. The summed E-state index contributed by atoms with van der Waals surface area (Å²) in [6, 6.07) is 3.53. The topological polar surface area (TPSA) is 62.3 Å². The summed E-state index contributed by atoms with van der Waals surface area (Å²) in [7, 11) is 0. The van der Waals surface area contributed by atoms with Crippen LogP contribution in [0.1, 0.15) is 32.3 Å². The molecule has 1 aliphatic heterocycles. The minimum absolute atomic E-state index is 0.0274. The van der Waals surface area contributed by atoms with E-state index in [1.54, 1.807) is 12.4 Å². The van der Waals surface area contributed by atoms with Crippen LogP contribution in [-0.2, 0) is 16.0 Å². The van der Waals surface area contributed by atoms with E-state index in [-0.39, 0.29) is 17.9 Å². The Labute approximate surface area is 125 Å². The van der Waals surface area contributed by atoms with Crippen LogP contribution in [0.5, 0.6) is 0 Å². The van der Waals surface area contributed by atoms with Crippen molar-refractivity contribution in [2.75, 3.05) is 13.1 Å². The summed E-state index contributed by atoms with van der Waals surface area (Å²) < 4.78 is 0. The molecule has 21 heavy (non-hydrogen) atoms. The molecule has 1 fully saturated rings. The molecule has 1 aliphatic rings. The molecule has 0 radical (unpaired) electrons. The van der Waals surface area contributed by atoms with Crippen LogP contribution in [0.15, 0.2) is 24.5 Å². The molecule has 0 bridgehead atoms. The zero-order chi connectivity index (χ0) is 15.2. The molecule has 114 valence electrons. The minimum atomic E-state index is -0.377. The van der Waals surface area contributed by atoms with E-state index in [1.165, 1.54) is 0 Å². The second-order valence-electron chi connectivity index (χ2n) is 5.93. The fraction of sp³-hybridized carbons (Fsp3) is 0.562. The maximum Gasteiger partial charge on any atom is 0.245 e. The van der Waals surface area contributed by atoms with Crippen LogP contribution < -0.4 is 5.32 Å². The van der Waals surface area contributed by atoms with Gasteiger partial charge in [-0.3, -0.25) is 14.6 Å². The third kappa shape index (κ3) is 4.55. The number of aromatic nitrogens is 1. The number of hydrogen-bond donors (Lipinski definition) is 1. The van der Waals surface area contributed by atoms with Gasteiger partial charge in [-0.25, -0.2) is 0 Å². The smallest absolute Gasteiger partial charge is 0.245 e. The molecular weight excluding hydrogens is 266 g/mol. The highest BCUT2D eigenvalue weighted by molar-refractivity contribution is 5.89. The third-order valence-electron chi connectivity index (χ3n) is 3.68. The molecule has 2 heterocycles. The van der Waals surface area contributed by atoms with Gasteiger partial charge in [-0.1, -0.05) is 13.8 Å². The van der Waals surface area contributed by atoms with E-state index in [1.807, 2.05) is 17.0 Å². The van der Waals surface area contributed by atoms with Crippen molar-refractivity contribution in [3.63, 3.8) is 0 Å². The van der Waals surface area contributed by atoms with Crippen molar-refractivity contribution in [3.05, 3.63) is 30.1 Å². The van der Waals surface area contributed by atoms with Gasteiger partial charge in [0.2, 0.25) is 11.8 Å². The zero-order valence-corrected chi connectivity index (χ0v) is 12.7. The van der Waals surface area contributed by atoms with Crippen LogP contribution >= 0.6 is 0 Å². The van der Waals surface area contributed by atoms with Crippen LogP contribution in [0, 0.1) is 5.92 Å². The van der Waals surface area contributed by atoms with Crippen molar-refractivity contribution in [1.29, 1.82) is 0 Å². The molecule has 1 aromatic heterocycles. The zero-order valence-electron chi connectivity index (χ0n) is 12.7. The molecule has 1 unspecified atom stereocenters. The lowest BCUT2D eigenvalue weighted by Gasteiger charge is -2.25. The lowest BCUT2D eigenvalue weighted by molar-refractivity contribution is -0.133. The van der Waals surface area contributed by atoms with Crippen LogP contribution in [0.4, 0.5) is 0 Å². The van der Waals surface area contributed by atoms with Gasteiger partial charge in [0.25, 0.3) is 0 Å². The second kappa shape index (κ2) is 7.20. The van der Waals surface area contributed by atoms with E-state index in [2.05, 4.69) is 24.1 Å². The Balaban J connectivity index is 2.00. The van der Waals surface area contributed by atoms with E-state index in [0.29, 0.717) is 31.8 Å². The lowest BCUT2D eigenvalue weighted by atomic mass is 10.0. The van der Waals surface area contributed by atoms with Crippen molar-refractivity contribution in [3.8, 4) is 0 Å². The van der Waals surface area contributed by atoms with Gasteiger partial charge >= 0.3 is 0 Å². The first-order valence-electron chi connectivity index (χ1n) is 7.53. The molecule has 0 aliphatic carbocycles. The van der Waals surface area contributed by atoms with Crippen LogP contribution in [0.3, 0.4) is 0 Å². The Morgan fingerprint density at radius 1 is 1.33 bits per heavy atom. The lowest BCUT2D eigenvalue weighted by Crippen LogP contribution is -2.45. The van der Waals surface area contributed by atoms with E-state index >= 15 is 0 Å². The monoisotopic (exact) mass is 289 g/mol. The molecule has 1 aromatic rings. The maximum absolute atomic E-state index is 12.5. The molecule has 1 atom stereocenters. The molecule has 5 nitrogen and oxygen atoms in total. The number of nitrogens with zero attached hydrogens (tertiary/aromatic N) is 2. The Hall–Kier alpha value is -1.91. The summed E-state index contributed by atoms with van der Waals surface area (Å²) in [6.45, 7) is 5.27. The highest BCUT2D eigenvalue weighted by atomic mass is 16.2.